The predicted octanol–water partition coefficient (Wildman–Crippen LogP) is 4.64. The van der Waals surface area contributed by atoms with Crippen LogP contribution in [-0.2, 0) is 24.5 Å². The number of ether oxygens (including phenoxy) is 2. The Kier molecular flexibility index (Phi) is 3.93. The normalized spacial score (nSPS) is 28.3. The first-order chi connectivity index (χ1) is 14.1. The molecule has 2 aromatic carbocycles. The molecule has 29 heavy (non-hydrogen) atoms. The zero-order valence-corrected chi connectivity index (χ0v) is 17.0. The van der Waals surface area contributed by atoms with Crippen LogP contribution in [0.5, 0.6) is 0 Å². The number of rotatable bonds is 2. The summed E-state index contributed by atoms with van der Waals surface area (Å²) in [7, 11) is 2.95. The van der Waals surface area contributed by atoms with E-state index < -0.39 is 16.2 Å². The molecule has 0 heterocycles. The molecule has 0 saturated heterocycles. The van der Waals surface area contributed by atoms with Gasteiger partial charge in [0.15, 0.2) is 0 Å². The van der Waals surface area contributed by atoms with Crippen LogP contribution in [0.3, 0.4) is 0 Å². The van der Waals surface area contributed by atoms with Crippen LogP contribution in [0.4, 0.5) is 0 Å². The minimum absolute atomic E-state index is 0.198. The molecule has 5 rings (SSSR count). The van der Waals surface area contributed by atoms with Crippen LogP contribution < -0.4 is 0 Å². The Bertz CT molecular complexity index is 916. The van der Waals surface area contributed by atoms with Crippen LogP contribution in [0, 0.1) is 10.8 Å². The third kappa shape index (κ3) is 1.90. The number of hydrogen-bond donors (Lipinski definition) is 0. The second kappa shape index (κ2) is 6.19. The van der Waals surface area contributed by atoms with Gasteiger partial charge >= 0.3 is 11.9 Å². The summed E-state index contributed by atoms with van der Waals surface area (Å²) < 4.78 is 10.9. The van der Waals surface area contributed by atoms with Crippen molar-refractivity contribution < 1.29 is 19.1 Å². The molecular formula is C25H26O4. The Labute approximate surface area is 171 Å². The molecule has 0 N–H and O–H groups in total. The highest BCUT2D eigenvalue weighted by Gasteiger charge is 2.76. The van der Waals surface area contributed by atoms with Gasteiger partial charge in [-0.15, -0.1) is 0 Å². The first-order valence-electron chi connectivity index (χ1n) is 10.5. The molecule has 150 valence electrons. The minimum atomic E-state index is -0.769. The number of esters is 2. The quantitative estimate of drug-likeness (QED) is 0.701. The number of carbonyl (C=O) groups excluding carboxylic acids is 2. The second-order valence-corrected chi connectivity index (χ2v) is 8.70. The summed E-state index contributed by atoms with van der Waals surface area (Å²) in [5, 5.41) is 0. The summed E-state index contributed by atoms with van der Waals surface area (Å²) in [6.45, 7) is 0. The number of hydrogen-bond acceptors (Lipinski definition) is 4. The molecule has 4 heteroatoms. The van der Waals surface area contributed by atoms with Gasteiger partial charge in [0.2, 0.25) is 0 Å². The van der Waals surface area contributed by atoms with Crippen molar-refractivity contribution in [2.45, 2.75) is 43.9 Å². The van der Waals surface area contributed by atoms with Crippen LogP contribution in [0.1, 0.15) is 49.7 Å². The summed E-state index contributed by atoms with van der Waals surface area (Å²) in [5.74, 6) is -0.395. The van der Waals surface area contributed by atoms with E-state index in [1.54, 1.807) is 0 Å². The molecule has 0 unspecified atom stereocenters. The molecule has 0 aliphatic heterocycles. The zero-order chi connectivity index (χ0) is 20.3. The highest BCUT2D eigenvalue weighted by atomic mass is 16.5. The molecule has 2 bridgehead atoms. The molecule has 2 fully saturated rings. The van der Waals surface area contributed by atoms with Crippen LogP contribution in [0.15, 0.2) is 48.5 Å². The van der Waals surface area contributed by atoms with Crippen molar-refractivity contribution in [2.75, 3.05) is 14.2 Å². The molecule has 3 aliphatic carbocycles. The van der Waals surface area contributed by atoms with Crippen LogP contribution >= 0.6 is 0 Å². The lowest BCUT2D eigenvalue weighted by atomic mass is 9.37. The molecule has 0 aromatic heterocycles. The molecule has 1 spiro atoms. The highest BCUT2D eigenvalue weighted by molar-refractivity contribution is 5.95. The van der Waals surface area contributed by atoms with Crippen molar-refractivity contribution in [1.82, 2.24) is 0 Å². The molecule has 0 atom stereocenters. The van der Waals surface area contributed by atoms with E-state index in [1.807, 2.05) is 24.3 Å². The molecule has 3 aliphatic rings. The summed E-state index contributed by atoms with van der Waals surface area (Å²) >= 11 is 0. The van der Waals surface area contributed by atoms with Gasteiger partial charge in [-0.05, 0) is 47.9 Å². The fraction of sp³-hybridized carbons (Fsp3) is 0.440. The zero-order valence-electron chi connectivity index (χ0n) is 17.0. The topological polar surface area (TPSA) is 52.6 Å². The summed E-state index contributed by atoms with van der Waals surface area (Å²) in [5.41, 5.74) is 2.10. The average Bonchev–Trinajstić information content (AvgIpc) is 3.05. The van der Waals surface area contributed by atoms with Gasteiger partial charge in [-0.2, -0.15) is 0 Å². The van der Waals surface area contributed by atoms with Crippen LogP contribution in [-0.4, -0.2) is 26.2 Å². The van der Waals surface area contributed by atoms with Gasteiger partial charge in [0.05, 0.1) is 30.5 Å². The predicted molar refractivity (Wildman–Crippen MR) is 109 cm³/mol. The fourth-order valence-electron chi connectivity index (χ4n) is 7.21. The lowest BCUT2D eigenvalue weighted by molar-refractivity contribution is -0.188. The van der Waals surface area contributed by atoms with Gasteiger partial charge in [-0.3, -0.25) is 9.59 Å². The Morgan fingerprint density at radius 3 is 1.45 bits per heavy atom. The third-order valence-corrected chi connectivity index (χ3v) is 7.95. The van der Waals surface area contributed by atoms with Crippen molar-refractivity contribution in [2.24, 2.45) is 10.8 Å². The van der Waals surface area contributed by atoms with Crippen LogP contribution in [0.2, 0.25) is 0 Å². The summed E-state index contributed by atoms with van der Waals surface area (Å²) in [6.07, 6.45) is 4.52. The van der Waals surface area contributed by atoms with E-state index in [4.69, 9.17) is 9.47 Å². The Morgan fingerprint density at radius 2 is 1.07 bits per heavy atom. The lowest BCUT2D eigenvalue weighted by Gasteiger charge is -2.63. The van der Waals surface area contributed by atoms with E-state index >= 15 is 0 Å². The summed E-state index contributed by atoms with van der Waals surface area (Å²) in [4.78, 5) is 27.1. The SMILES string of the molecule is COC(=O)C12CCCC(C(=O)OC)(CCC1)C21c2ccccc2-c2ccccc21. The highest BCUT2D eigenvalue weighted by Crippen LogP contribution is 2.74. The maximum absolute atomic E-state index is 13.6. The van der Waals surface area contributed by atoms with Gasteiger partial charge < -0.3 is 9.47 Å². The summed E-state index contributed by atoms with van der Waals surface area (Å²) in [6, 6.07) is 16.6. The maximum atomic E-state index is 13.6. The molecule has 0 radical (unpaired) electrons. The van der Waals surface area contributed by atoms with Gasteiger partial charge in [0.1, 0.15) is 0 Å². The lowest BCUT2D eigenvalue weighted by Crippen LogP contribution is -2.67. The van der Waals surface area contributed by atoms with Crippen LogP contribution in [0.25, 0.3) is 11.1 Å². The monoisotopic (exact) mass is 390 g/mol. The van der Waals surface area contributed by atoms with Gasteiger partial charge in [-0.1, -0.05) is 61.4 Å². The molecule has 2 aromatic rings. The number of benzene rings is 2. The van der Waals surface area contributed by atoms with E-state index in [-0.39, 0.29) is 11.9 Å². The van der Waals surface area contributed by atoms with Gasteiger partial charge in [0.25, 0.3) is 0 Å². The smallest absolute Gasteiger partial charge is 0.313 e. The molecule has 0 amide bonds. The van der Waals surface area contributed by atoms with Gasteiger partial charge in [0, 0.05) is 0 Å². The molecule has 2 saturated carbocycles. The number of fused-ring (bicyclic) bond motifs is 3. The molecular weight excluding hydrogens is 364 g/mol. The van der Waals surface area contributed by atoms with E-state index in [0.29, 0.717) is 0 Å². The largest absolute Gasteiger partial charge is 0.469 e. The number of methoxy groups -OCH3 is 2. The third-order valence-electron chi connectivity index (χ3n) is 7.95. The first-order valence-corrected chi connectivity index (χ1v) is 10.5. The van der Waals surface area contributed by atoms with Crippen molar-refractivity contribution in [3.63, 3.8) is 0 Å². The van der Waals surface area contributed by atoms with Crippen molar-refractivity contribution in [1.29, 1.82) is 0 Å². The minimum Gasteiger partial charge on any atom is -0.469 e. The fourth-order valence-corrected chi connectivity index (χ4v) is 7.21. The van der Waals surface area contributed by atoms with E-state index in [2.05, 4.69) is 24.3 Å². The van der Waals surface area contributed by atoms with Crippen molar-refractivity contribution >= 4 is 11.9 Å². The van der Waals surface area contributed by atoms with E-state index in [1.165, 1.54) is 14.2 Å². The standard InChI is InChI=1S/C25H26O4/c1-28-21(26)23-13-7-15-24(16-8-14-23,22(27)29-2)25(23)19-11-5-3-9-17(19)18-10-4-6-12-20(18)25/h3-6,9-12H,7-8,13-16H2,1-2H3. The van der Waals surface area contributed by atoms with Gasteiger partial charge in [-0.25, -0.2) is 0 Å². The van der Waals surface area contributed by atoms with Crippen molar-refractivity contribution in [3.05, 3.63) is 59.7 Å². The first kappa shape index (κ1) is 18.4. The Morgan fingerprint density at radius 1 is 0.690 bits per heavy atom. The van der Waals surface area contributed by atoms with E-state index in [9.17, 15) is 9.59 Å². The Hall–Kier alpha value is -2.62. The second-order valence-electron chi connectivity index (χ2n) is 8.70. The molecule has 4 nitrogen and oxygen atoms in total. The van der Waals surface area contributed by atoms with Crippen molar-refractivity contribution in [3.8, 4) is 11.1 Å². The number of carbonyl (C=O) groups is 2. The average molecular weight is 390 g/mol. The van der Waals surface area contributed by atoms with E-state index in [0.717, 1.165) is 60.8 Å². The maximum Gasteiger partial charge on any atom is 0.313 e. The Balaban J connectivity index is 1.98.